The predicted molar refractivity (Wildman–Crippen MR) is 93.9 cm³/mol. The van der Waals surface area contributed by atoms with Gasteiger partial charge in [0, 0.05) is 29.9 Å². The topological polar surface area (TPSA) is 97.4 Å². The lowest BCUT2D eigenvalue weighted by atomic mass is 10.2. The van der Waals surface area contributed by atoms with Crippen molar-refractivity contribution in [1.29, 1.82) is 0 Å². The number of aromatic nitrogens is 2. The van der Waals surface area contributed by atoms with E-state index in [1.807, 2.05) is 12.1 Å². The lowest BCUT2D eigenvalue weighted by Crippen LogP contribution is -2.18. The van der Waals surface area contributed by atoms with Crippen LogP contribution in [-0.2, 0) is 17.9 Å². The third-order valence-electron chi connectivity index (χ3n) is 4.12. The zero-order valence-electron chi connectivity index (χ0n) is 14.0. The van der Waals surface area contributed by atoms with Gasteiger partial charge in [0.25, 0.3) is 0 Å². The van der Waals surface area contributed by atoms with Gasteiger partial charge in [-0.3, -0.25) is 9.69 Å². The number of likely N-dealkylation sites (tertiary alicyclic amines) is 1. The molecule has 1 aliphatic rings. The van der Waals surface area contributed by atoms with Gasteiger partial charge in [-0.05, 0) is 49.5 Å². The molecule has 4 rings (SSSR count). The minimum absolute atomic E-state index is 0.250. The second-order valence-corrected chi connectivity index (χ2v) is 5.94. The minimum atomic E-state index is 0.250. The average Bonchev–Trinajstić information content (AvgIpc) is 3.35. The van der Waals surface area contributed by atoms with Crippen molar-refractivity contribution in [2.75, 3.05) is 13.1 Å². The molecule has 1 aliphatic heterocycles. The fourth-order valence-corrected chi connectivity index (χ4v) is 2.99. The number of ether oxygens (including phenoxy) is 1. The summed E-state index contributed by atoms with van der Waals surface area (Å²) in [5.74, 6) is 0.838. The summed E-state index contributed by atoms with van der Waals surface area (Å²) < 4.78 is 10.5. The summed E-state index contributed by atoms with van der Waals surface area (Å²) in [4.78, 5) is 14.6. The molecule has 2 aromatic heterocycles. The van der Waals surface area contributed by atoms with Crippen LogP contribution in [0.2, 0.25) is 0 Å². The first-order chi connectivity index (χ1) is 12.3. The third-order valence-corrected chi connectivity index (χ3v) is 4.12. The number of primary amides is 1. The summed E-state index contributed by atoms with van der Waals surface area (Å²) >= 11 is 0. The van der Waals surface area contributed by atoms with Gasteiger partial charge >= 0.3 is 0 Å². The molecule has 3 heterocycles. The molecular weight excluding hydrogens is 320 g/mol. The fraction of sp³-hybridized carbons (Fsp3) is 0.333. The third kappa shape index (κ3) is 4.60. The molecular formula is C18H22N4O3. The van der Waals surface area contributed by atoms with Gasteiger partial charge in [0.05, 0.1) is 0 Å². The van der Waals surface area contributed by atoms with Gasteiger partial charge < -0.3 is 20.0 Å². The smallest absolute Gasteiger partial charge is 0.204 e. The number of fused-ring (bicyclic) bond motifs is 1. The van der Waals surface area contributed by atoms with Crippen LogP contribution in [0.15, 0.2) is 41.1 Å². The Morgan fingerprint density at radius 1 is 1.28 bits per heavy atom. The van der Waals surface area contributed by atoms with Gasteiger partial charge in [0.15, 0.2) is 0 Å². The number of H-pyrrole nitrogens is 1. The molecule has 1 amide bonds. The Morgan fingerprint density at radius 3 is 2.80 bits per heavy atom. The number of nitrogens with two attached hydrogens (primary N) is 1. The number of hydrogen-bond acceptors (Lipinski definition) is 5. The number of nitrogens with one attached hydrogen (secondary N) is 1. The summed E-state index contributed by atoms with van der Waals surface area (Å²) in [6.45, 7) is 3.84. The largest absolute Gasteiger partial charge is 0.487 e. The van der Waals surface area contributed by atoms with Crippen LogP contribution in [0, 0.1) is 0 Å². The molecule has 0 saturated carbocycles. The van der Waals surface area contributed by atoms with Crippen LogP contribution in [-0.4, -0.2) is 34.5 Å². The second kappa shape index (κ2) is 8.34. The Hall–Kier alpha value is -2.80. The number of amides is 1. The fourth-order valence-electron chi connectivity index (χ4n) is 2.99. The molecule has 0 atom stereocenters. The highest BCUT2D eigenvalue weighted by Crippen LogP contribution is 2.23. The molecule has 1 aromatic carbocycles. The van der Waals surface area contributed by atoms with Crippen LogP contribution in [0.3, 0.4) is 0 Å². The Kier molecular flexibility index (Phi) is 5.69. The Labute approximate surface area is 145 Å². The lowest BCUT2D eigenvalue weighted by Gasteiger charge is -2.12. The Morgan fingerprint density at radius 2 is 2.08 bits per heavy atom. The van der Waals surface area contributed by atoms with Crippen LogP contribution in [0.25, 0.3) is 10.9 Å². The van der Waals surface area contributed by atoms with Gasteiger partial charge in [-0.25, -0.2) is 0 Å². The molecule has 25 heavy (non-hydrogen) atoms. The molecule has 7 heteroatoms. The van der Waals surface area contributed by atoms with E-state index in [-0.39, 0.29) is 6.41 Å². The number of benzene rings is 1. The predicted octanol–water partition coefficient (Wildman–Crippen LogP) is 2.43. The van der Waals surface area contributed by atoms with E-state index in [2.05, 4.69) is 32.9 Å². The molecule has 132 valence electrons. The molecule has 3 aromatic rings. The van der Waals surface area contributed by atoms with Crippen molar-refractivity contribution in [2.24, 2.45) is 5.73 Å². The normalized spacial score (nSPS) is 14.2. The summed E-state index contributed by atoms with van der Waals surface area (Å²) in [7, 11) is 0. The molecule has 0 radical (unpaired) electrons. The first-order valence-corrected chi connectivity index (χ1v) is 8.30. The number of rotatable bonds is 5. The van der Waals surface area contributed by atoms with Crippen molar-refractivity contribution in [3.63, 3.8) is 0 Å². The number of carbonyl (C=O) groups is 1. The van der Waals surface area contributed by atoms with Gasteiger partial charge in [0.1, 0.15) is 24.3 Å². The zero-order valence-corrected chi connectivity index (χ0v) is 14.0. The van der Waals surface area contributed by atoms with Crippen LogP contribution in [0.1, 0.15) is 24.2 Å². The first-order valence-electron chi connectivity index (χ1n) is 8.30. The standard InChI is InChI=1S/C17H19N3O2.CH3NO/c1-2-7-20(6-1)11-15-9-13-3-4-16(10-17(13)18-15)21-12-14-5-8-22-19-14;2-1-3/h3-5,8-10,18H,1-2,6-7,11-12H2;1H,(H2,2,3). The molecule has 0 unspecified atom stereocenters. The maximum atomic E-state index is 8.58. The zero-order chi connectivity index (χ0) is 17.5. The molecule has 1 saturated heterocycles. The van der Waals surface area contributed by atoms with Crippen LogP contribution in [0.4, 0.5) is 0 Å². The van der Waals surface area contributed by atoms with Crippen molar-refractivity contribution in [3.8, 4) is 5.75 Å². The molecule has 1 fully saturated rings. The first kappa shape index (κ1) is 17.0. The van der Waals surface area contributed by atoms with Crippen molar-refractivity contribution in [3.05, 3.63) is 48.0 Å². The van der Waals surface area contributed by atoms with E-state index in [1.54, 1.807) is 12.3 Å². The van der Waals surface area contributed by atoms with Crippen molar-refractivity contribution < 1.29 is 14.1 Å². The van der Waals surface area contributed by atoms with Crippen molar-refractivity contribution in [1.82, 2.24) is 15.0 Å². The minimum Gasteiger partial charge on any atom is -0.487 e. The number of hydrogen-bond donors (Lipinski definition) is 2. The average molecular weight is 342 g/mol. The van der Waals surface area contributed by atoms with Gasteiger partial charge in [-0.15, -0.1) is 0 Å². The molecule has 3 N–H and O–H groups in total. The van der Waals surface area contributed by atoms with Crippen molar-refractivity contribution >= 4 is 17.3 Å². The maximum absolute atomic E-state index is 8.58. The van der Waals surface area contributed by atoms with Crippen molar-refractivity contribution in [2.45, 2.75) is 26.0 Å². The summed E-state index contributed by atoms with van der Waals surface area (Å²) in [5, 5.41) is 5.07. The van der Waals surface area contributed by atoms with E-state index in [0.29, 0.717) is 6.61 Å². The quantitative estimate of drug-likeness (QED) is 0.694. The lowest BCUT2D eigenvalue weighted by molar-refractivity contribution is -0.106. The van der Waals surface area contributed by atoms with E-state index in [9.17, 15) is 0 Å². The monoisotopic (exact) mass is 342 g/mol. The second-order valence-electron chi connectivity index (χ2n) is 5.94. The van der Waals surface area contributed by atoms with Gasteiger partial charge in [0.2, 0.25) is 6.41 Å². The number of aromatic amines is 1. The van der Waals surface area contributed by atoms with E-state index >= 15 is 0 Å². The van der Waals surface area contributed by atoms with E-state index in [0.717, 1.165) is 23.5 Å². The van der Waals surface area contributed by atoms with Gasteiger partial charge in [-0.1, -0.05) is 5.16 Å². The summed E-state index contributed by atoms with van der Waals surface area (Å²) in [5.41, 5.74) is 7.35. The highest BCUT2D eigenvalue weighted by molar-refractivity contribution is 5.81. The summed E-state index contributed by atoms with van der Waals surface area (Å²) in [6.07, 6.45) is 4.44. The van der Waals surface area contributed by atoms with E-state index in [1.165, 1.54) is 37.0 Å². The van der Waals surface area contributed by atoms with E-state index < -0.39 is 0 Å². The molecule has 0 bridgehead atoms. The van der Waals surface area contributed by atoms with Gasteiger partial charge in [-0.2, -0.15) is 0 Å². The SMILES string of the molecule is NC=O.c1cc(COc2ccc3cc(CN4CCCC4)[nH]c3c2)no1. The number of carbonyl (C=O) groups excluding carboxylic acids is 1. The maximum Gasteiger partial charge on any atom is 0.204 e. The molecule has 0 spiro atoms. The Bertz CT molecular complexity index is 792. The highest BCUT2D eigenvalue weighted by atomic mass is 16.5. The molecule has 7 nitrogen and oxygen atoms in total. The number of nitrogens with zero attached hydrogens (tertiary/aromatic N) is 2. The van der Waals surface area contributed by atoms with Crippen LogP contribution >= 0.6 is 0 Å². The summed E-state index contributed by atoms with van der Waals surface area (Å²) in [6, 6.07) is 10.2. The van der Waals surface area contributed by atoms with E-state index in [4.69, 9.17) is 14.1 Å². The van der Waals surface area contributed by atoms with Crippen LogP contribution < -0.4 is 10.5 Å². The highest BCUT2D eigenvalue weighted by Gasteiger charge is 2.13. The van der Waals surface area contributed by atoms with Crippen LogP contribution in [0.5, 0.6) is 5.75 Å². The molecule has 0 aliphatic carbocycles. The Balaban J connectivity index is 0.000000569.